The third kappa shape index (κ3) is 3.52. The van der Waals surface area contributed by atoms with Crippen LogP contribution in [0.1, 0.15) is 24.1 Å². The van der Waals surface area contributed by atoms with Crippen molar-refractivity contribution in [3.05, 3.63) is 47.4 Å². The van der Waals surface area contributed by atoms with Gasteiger partial charge < -0.3 is 4.90 Å². The number of rotatable bonds is 3. The highest BCUT2D eigenvalue weighted by Gasteiger charge is 2.29. The number of halogens is 1. The molecule has 0 unspecified atom stereocenters. The van der Waals surface area contributed by atoms with Crippen LogP contribution >= 0.6 is 0 Å². The lowest BCUT2D eigenvalue weighted by atomic mass is 10.0. The van der Waals surface area contributed by atoms with Crippen LogP contribution in [-0.2, 0) is 13.5 Å². The first-order chi connectivity index (χ1) is 11.0. The molecule has 1 saturated heterocycles. The molecule has 0 spiro atoms. The van der Waals surface area contributed by atoms with Crippen LogP contribution in [0.15, 0.2) is 30.3 Å². The van der Waals surface area contributed by atoms with E-state index in [1.165, 1.54) is 12.1 Å². The number of benzene rings is 1. The standard InChI is InChI=1S/C17H21FN4O/c1-12-10-16(21(2)20-12)19-17(23)22-9-3-4-15(22)11-13-5-7-14(18)8-6-13/h5-8,10,15H,3-4,9,11H2,1-2H3,(H,19,23)/t15-/m1/s1. The number of carbonyl (C=O) groups is 1. The van der Waals surface area contributed by atoms with Gasteiger partial charge in [0.15, 0.2) is 0 Å². The van der Waals surface area contributed by atoms with Gasteiger partial charge in [0, 0.05) is 25.7 Å². The molecule has 6 heteroatoms. The van der Waals surface area contributed by atoms with E-state index in [1.54, 1.807) is 16.8 Å². The Hall–Kier alpha value is -2.37. The molecular formula is C17H21FN4O. The number of anilines is 1. The van der Waals surface area contributed by atoms with Gasteiger partial charge in [-0.05, 0) is 43.9 Å². The summed E-state index contributed by atoms with van der Waals surface area (Å²) >= 11 is 0. The number of hydrogen-bond donors (Lipinski definition) is 1. The van der Waals surface area contributed by atoms with E-state index in [0.717, 1.165) is 37.1 Å². The Morgan fingerprint density at radius 3 is 2.78 bits per heavy atom. The van der Waals surface area contributed by atoms with E-state index in [4.69, 9.17) is 0 Å². The summed E-state index contributed by atoms with van der Waals surface area (Å²) in [6, 6.07) is 8.40. The average molecular weight is 316 g/mol. The van der Waals surface area contributed by atoms with E-state index in [2.05, 4.69) is 10.4 Å². The molecule has 1 aromatic carbocycles. The van der Waals surface area contributed by atoms with Crippen molar-refractivity contribution in [2.24, 2.45) is 7.05 Å². The van der Waals surface area contributed by atoms with Crippen molar-refractivity contribution < 1.29 is 9.18 Å². The van der Waals surface area contributed by atoms with Gasteiger partial charge in [-0.1, -0.05) is 12.1 Å². The Morgan fingerprint density at radius 1 is 1.39 bits per heavy atom. The minimum absolute atomic E-state index is 0.0994. The Labute approximate surface area is 135 Å². The second-order valence-corrected chi connectivity index (χ2v) is 6.04. The molecule has 5 nitrogen and oxygen atoms in total. The summed E-state index contributed by atoms with van der Waals surface area (Å²) in [4.78, 5) is 14.4. The maximum atomic E-state index is 13.0. The maximum Gasteiger partial charge on any atom is 0.323 e. The molecule has 2 heterocycles. The summed E-state index contributed by atoms with van der Waals surface area (Å²) in [7, 11) is 1.81. The average Bonchev–Trinajstić information content (AvgIpc) is 3.08. The second kappa shape index (κ2) is 6.40. The lowest BCUT2D eigenvalue weighted by Gasteiger charge is -2.25. The maximum absolute atomic E-state index is 13.0. The minimum atomic E-state index is -0.235. The molecule has 3 rings (SSSR count). The van der Waals surface area contributed by atoms with Gasteiger partial charge in [-0.2, -0.15) is 5.10 Å². The van der Waals surface area contributed by atoms with Crippen molar-refractivity contribution in [3.8, 4) is 0 Å². The molecule has 1 fully saturated rings. The first-order valence-electron chi connectivity index (χ1n) is 7.85. The van der Waals surface area contributed by atoms with Gasteiger partial charge in [0.1, 0.15) is 11.6 Å². The fourth-order valence-electron chi connectivity index (χ4n) is 3.12. The van der Waals surface area contributed by atoms with E-state index in [0.29, 0.717) is 5.82 Å². The van der Waals surface area contributed by atoms with E-state index in [-0.39, 0.29) is 17.9 Å². The quantitative estimate of drug-likeness (QED) is 0.946. The largest absolute Gasteiger partial charge is 0.323 e. The number of nitrogens with one attached hydrogen (secondary N) is 1. The van der Waals surface area contributed by atoms with Gasteiger partial charge in [0.25, 0.3) is 0 Å². The Kier molecular flexibility index (Phi) is 4.32. The Balaban J connectivity index is 1.67. The number of nitrogens with zero attached hydrogens (tertiary/aromatic N) is 3. The lowest BCUT2D eigenvalue weighted by molar-refractivity contribution is 0.206. The smallest absolute Gasteiger partial charge is 0.321 e. The molecule has 1 aliphatic heterocycles. The zero-order valence-corrected chi connectivity index (χ0v) is 13.4. The van der Waals surface area contributed by atoms with E-state index in [1.807, 2.05) is 24.9 Å². The van der Waals surface area contributed by atoms with Crippen molar-refractivity contribution in [1.82, 2.24) is 14.7 Å². The SMILES string of the molecule is Cc1cc(NC(=O)N2CCC[C@@H]2Cc2ccc(F)cc2)n(C)n1. The van der Waals surface area contributed by atoms with Gasteiger partial charge in [-0.25, -0.2) is 9.18 Å². The summed E-state index contributed by atoms with van der Waals surface area (Å²) < 4.78 is 14.7. The number of urea groups is 1. The number of likely N-dealkylation sites (tertiary alicyclic amines) is 1. The monoisotopic (exact) mass is 316 g/mol. The summed E-state index contributed by atoms with van der Waals surface area (Å²) in [5.41, 5.74) is 1.92. The third-order valence-electron chi connectivity index (χ3n) is 4.26. The van der Waals surface area contributed by atoms with Gasteiger partial charge >= 0.3 is 6.03 Å². The second-order valence-electron chi connectivity index (χ2n) is 6.04. The number of aromatic nitrogens is 2. The van der Waals surface area contributed by atoms with Crippen molar-refractivity contribution in [1.29, 1.82) is 0 Å². The molecule has 0 saturated carbocycles. The minimum Gasteiger partial charge on any atom is -0.321 e. The molecule has 1 aromatic heterocycles. The third-order valence-corrected chi connectivity index (χ3v) is 4.26. The van der Waals surface area contributed by atoms with Crippen molar-refractivity contribution in [2.75, 3.05) is 11.9 Å². The van der Waals surface area contributed by atoms with Crippen LogP contribution in [0.25, 0.3) is 0 Å². The summed E-state index contributed by atoms with van der Waals surface area (Å²) in [6.07, 6.45) is 2.71. The van der Waals surface area contributed by atoms with E-state index in [9.17, 15) is 9.18 Å². The highest BCUT2D eigenvalue weighted by atomic mass is 19.1. The zero-order valence-electron chi connectivity index (χ0n) is 13.4. The van der Waals surface area contributed by atoms with Crippen molar-refractivity contribution in [3.63, 3.8) is 0 Å². The molecule has 23 heavy (non-hydrogen) atoms. The van der Waals surface area contributed by atoms with Gasteiger partial charge in [0.05, 0.1) is 5.69 Å². The lowest BCUT2D eigenvalue weighted by Crippen LogP contribution is -2.40. The number of aryl methyl sites for hydroxylation is 2. The molecule has 1 N–H and O–H groups in total. The molecule has 0 bridgehead atoms. The first kappa shape index (κ1) is 15.5. The molecule has 1 atom stereocenters. The van der Waals surface area contributed by atoms with Gasteiger partial charge in [-0.3, -0.25) is 10.00 Å². The van der Waals surface area contributed by atoms with Gasteiger partial charge in [-0.15, -0.1) is 0 Å². The van der Waals surface area contributed by atoms with Crippen molar-refractivity contribution >= 4 is 11.8 Å². The van der Waals surface area contributed by atoms with Crippen LogP contribution in [0.2, 0.25) is 0 Å². The summed E-state index contributed by atoms with van der Waals surface area (Å²) in [5.74, 6) is 0.460. The predicted octanol–water partition coefficient (Wildman–Crippen LogP) is 3.11. The molecule has 1 aliphatic rings. The van der Waals surface area contributed by atoms with Crippen LogP contribution < -0.4 is 5.32 Å². The van der Waals surface area contributed by atoms with Gasteiger partial charge in [0.2, 0.25) is 0 Å². The molecule has 122 valence electrons. The fraction of sp³-hybridized carbons (Fsp3) is 0.412. The Bertz CT molecular complexity index is 695. The molecule has 2 aromatic rings. The van der Waals surface area contributed by atoms with Crippen molar-refractivity contribution in [2.45, 2.75) is 32.2 Å². The topological polar surface area (TPSA) is 50.2 Å². The zero-order chi connectivity index (χ0) is 16.4. The van der Waals surface area contributed by atoms with Crippen LogP contribution in [0.3, 0.4) is 0 Å². The first-order valence-corrected chi connectivity index (χ1v) is 7.85. The van der Waals surface area contributed by atoms with Crippen LogP contribution in [-0.4, -0.2) is 33.3 Å². The fourth-order valence-corrected chi connectivity index (χ4v) is 3.12. The summed E-state index contributed by atoms with van der Waals surface area (Å²) in [5, 5.41) is 7.16. The highest BCUT2D eigenvalue weighted by molar-refractivity contribution is 5.88. The number of hydrogen-bond acceptors (Lipinski definition) is 2. The predicted molar refractivity (Wildman–Crippen MR) is 86.8 cm³/mol. The number of carbonyl (C=O) groups excluding carboxylic acids is 1. The Morgan fingerprint density at radius 2 is 2.13 bits per heavy atom. The van der Waals surface area contributed by atoms with E-state index >= 15 is 0 Å². The number of amides is 2. The van der Waals surface area contributed by atoms with Crippen LogP contribution in [0, 0.1) is 12.7 Å². The highest BCUT2D eigenvalue weighted by Crippen LogP contribution is 2.22. The van der Waals surface area contributed by atoms with Crippen LogP contribution in [0.4, 0.5) is 15.0 Å². The van der Waals surface area contributed by atoms with E-state index < -0.39 is 0 Å². The normalized spacial score (nSPS) is 17.5. The molecule has 0 aliphatic carbocycles. The van der Waals surface area contributed by atoms with Crippen LogP contribution in [0.5, 0.6) is 0 Å². The molecule has 0 radical (unpaired) electrons. The molecular weight excluding hydrogens is 295 g/mol. The molecule has 2 amide bonds. The summed E-state index contributed by atoms with van der Waals surface area (Å²) in [6.45, 7) is 2.64.